The monoisotopic (exact) mass is 193 g/mol. The Bertz CT molecular complexity index is 250. The lowest BCUT2D eigenvalue weighted by molar-refractivity contribution is 0.266. The van der Waals surface area contributed by atoms with Crippen molar-refractivity contribution in [1.82, 2.24) is 10.2 Å². The van der Waals surface area contributed by atoms with Crippen LogP contribution in [0.4, 0.5) is 0 Å². The molecule has 1 aliphatic heterocycles. The van der Waals surface area contributed by atoms with E-state index in [1.807, 2.05) is 0 Å². The van der Waals surface area contributed by atoms with Crippen molar-refractivity contribution in [2.45, 2.75) is 50.7 Å². The van der Waals surface area contributed by atoms with Crippen molar-refractivity contribution in [1.29, 1.82) is 5.26 Å². The lowest BCUT2D eigenvalue weighted by Gasteiger charge is -2.21. The number of likely N-dealkylation sites (tertiary alicyclic amines) is 1. The van der Waals surface area contributed by atoms with Crippen LogP contribution >= 0.6 is 0 Å². The summed E-state index contributed by atoms with van der Waals surface area (Å²) in [4.78, 5) is 2.48. The molecule has 0 spiro atoms. The summed E-state index contributed by atoms with van der Waals surface area (Å²) >= 11 is 0. The molecule has 1 atom stereocenters. The first-order valence-corrected chi connectivity index (χ1v) is 5.58. The predicted molar refractivity (Wildman–Crippen MR) is 55.8 cm³/mol. The Balaban J connectivity index is 1.82. The SMILES string of the molecule is CC(C)N1CC[C@@H](NC2(C#N)CC2)C1. The molecule has 0 unspecified atom stereocenters. The van der Waals surface area contributed by atoms with Crippen LogP contribution in [0.5, 0.6) is 0 Å². The Labute approximate surface area is 86.1 Å². The van der Waals surface area contributed by atoms with Crippen LogP contribution in [0.25, 0.3) is 0 Å². The second-order valence-electron chi connectivity index (χ2n) is 4.91. The molecule has 0 bridgehead atoms. The van der Waals surface area contributed by atoms with E-state index in [9.17, 15) is 0 Å². The summed E-state index contributed by atoms with van der Waals surface area (Å²) in [5.41, 5.74) is -0.141. The van der Waals surface area contributed by atoms with E-state index in [0.717, 1.165) is 19.4 Å². The van der Waals surface area contributed by atoms with Crippen LogP contribution in [0.15, 0.2) is 0 Å². The third-order valence-electron chi connectivity index (χ3n) is 3.39. The summed E-state index contributed by atoms with van der Waals surface area (Å²) in [5.74, 6) is 0. The molecule has 0 aromatic rings. The fourth-order valence-corrected chi connectivity index (χ4v) is 2.18. The van der Waals surface area contributed by atoms with Crippen LogP contribution in [0, 0.1) is 11.3 Å². The standard InChI is InChI=1S/C11H19N3/c1-9(2)14-6-3-10(7-14)13-11(8-12)4-5-11/h9-10,13H,3-7H2,1-2H3/t10-/m1/s1. The van der Waals surface area contributed by atoms with Gasteiger partial charge in [-0.1, -0.05) is 0 Å². The number of nitrogens with one attached hydrogen (secondary N) is 1. The van der Waals surface area contributed by atoms with Gasteiger partial charge in [-0.25, -0.2) is 0 Å². The zero-order valence-corrected chi connectivity index (χ0v) is 9.08. The number of nitrogens with zero attached hydrogens (tertiary/aromatic N) is 2. The van der Waals surface area contributed by atoms with Crippen molar-refractivity contribution >= 4 is 0 Å². The Kier molecular flexibility index (Phi) is 2.50. The molecule has 0 amide bonds. The van der Waals surface area contributed by atoms with Gasteiger partial charge >= 0.3 is 0 Å². The normalized spacial score (nSPS) is 30.6. The zero-order chi connectivity index (χ0) is 10.2. The third kappa shape index (κ3) is 1.92. The van der Waals surface area contributed by atoms with Crippen LogP contribution in [0.1, 0.15) is 33.1 Å². The maximum atomic E-state index is 8.97. The Morgan fingerprint density at radius 1 is 1.50 bits per heavy atom. The minimum absolute atomic E-state index is 0.141. The van der Waals surface area contributed by atoms with Gasteiger partial charge in [0.2, 0.25) is 0 Å². The molecule has 78 valence electrons. The highest BCUT2D eigenvalue weighted by atomic mass is 15.2. The summed E-state index contributed by atoms with van der Waals surface area (Å²) in [6, 6.07) is 3.57. The summed E-state index contributed by atoms with van der Waals surface area (Å²) in [6.07, 6.45) is 3.28. The van der Waals surface area contributed by atoms with Crippen molar-refractivity contribution < 1.29 is 0 Å². The molecule has 0 aromatic carbocycles. The van der Waals surface area contributed by atoms with E-state index in [4.69, 9.17) is 5.26 Å². The highest BCUT2D eigenvalue weighted by molar-refractivity contribution is 5.19. The fraction of sp³-hybridized carbons (Fsp3) is 0.909. The molecule has 3 nitrogen and oxygen atoms in total. The molecule has 1 aliphatic carbocycles. The number of hydrogen-bond acceptors (Lipinski definition) is 3. The predicted octanol–water partition coefficient (Wildman–Crippen LogP) is 1.11. The van der Waals surface area contributed by atoms with E-state index in [2.05, 4.69) is 30.1 Å². The van der Waals surface area contributed by atoms with Crippen LogP contribution in [-0.2, 0) is 0 Å². The first-order chi connectivity index (χ1) is 6.65. The van der Waals surface area contributed by atoms with E-state index in [1.165, 1.54) is 13.0 Å². The Morgan fingerprint density at radius 3 is 2.64 bits per heavy atom. The number of hydrogen-bond donors (Lipinski definition) is 1. The number of rotatable bonds is 3. The molecule has 3 heteroatoms. The topological polar surface area (TPSA) is 39.1 Å². The molecule has 2 aliphatic rings. The van der Waals surface area contributed by atoms with E-state index >= 15 is 0 Å². The first kappa shape index (κ1) is 9.95. The largest absolute Gasteiger partial charge is 0.299 e. The second-order valence-corrected chi connectivity index (χ2v) is 4.91. The minimum Gasteiger partial charge on any atom is -0.299 e. The van der Waals surface area contributed by atoms with Crippen LogP contribution in [0.3, 0.4) is 0 Å². The molecule has 1 saturated heterocycles. The summed E-state index contributed by atoms with van der Waals surface area (Å²) < 4.78 is 0. The molecule has 2 fully saturated rings. The molecular formula is C11H19N3. The van der Waals surface area contributed by atoms with Gasteiger partial charge in [0.25, 0.3) is 0 Å². The van der Waals surface area contributed by atoms with Gasteiger partial charge in [-0.3, -0.25) is 10.2 Å². The maximum absolute atomic E-state index is 8.97. The van der Waals surface area contributed by atoms with Gasteiger partial charge in [0.15, 0.2) is 0 Å². The van der Waals surface area contributed by atoms with Crippen molar-refractivity contribution in [2.24, 2.45) is 0 Å². The Morgan fingerprint density at radius 2 is 2.21 bits per heavy atom. The third-order valence-corrected chi connectivity index (χ3v) is 3.39. The molecule has 14 heavy (non-hydrogen) atoms. The highest BCUT2D eigenvalue weighted by Gasteiger charge is 2.45. The molecule has 0 aromatic heterocycles. The van der Waals surface area contributed by atoms with Gasteiger partial charge in [-0.15, -0.1) is 0 Å². The van der Waals surface area contributed by atoms with E-state index < -0.39 is 0 Å². The van der Waals surface area contributed by atoms with Gasteiger partial charge in [0.1, 0.15) is 5.54 Å². The highest BCUT2D eigenvalue weighted by Crippen LogP contribution is 2.35. The van der Waals surface area contributed by atoms with Crippen LogP contribution in [0.2, 0.25) is 0 Å². The average molecular weight is 193 g/mol. The van der Waals surface area contributed by atoms with E-state index in [-0.39, 0.29) is 5.54 Å². The molecule has 1 saturated carbocycles. The van der Waals surface area contributed by atoms with E-state index in [1.54, 1.807) is 0 Å². The first-order valence-electron chi connectivity index (χ1n) is 5.58. The van der Waals surface area contributed by atoms with Gasteiger partial charge in [-0.2, -0.15) is 5.26 Å². The van der Waals surface area contributed by atoms with E-state index in [0.29, 0.717) is 12.1 Å². The molecule has 1 N–H and O–H groups in total. The summed E-state index contributed by atoms with van der Waals surface area (Å²) in [6.45, 7) is 6.76. The lowest BCUT2D eigenvalue weighted by Crippen LogP contribution is -2.41. The van der Waals surface area contributed by atoms with Gasteiger partial charge < -0.3 is 0 Å². The lowest BCUT2D eigenvalue weighted by atomic mass is 10.2. The van der Waals surface area contributed by atoms with Gasteiger partial charge in [0, 0.05) is 18.6 Å². The molecule has 1 heterocycles. The van der Waals surface area contributed by atoms with Crippen molar-refractivity contribution in [3.05, 3.63) is 0 Å². The van der Waals surface area contributed by atoms with Gasteiger partial charge in [-0.05, 0) is 39.7 Å². The second kappa shape index (κ2) is 3.52. The summed E-state index contributed by atoms with van der Waals surface area (Å²) in [7, 11) is 0. The molecule has 0 radical (unpaired) electrons. The Hall–Kier alpha value is -0.590. The zero-order valence-electron chi connectivity index (χ0n) is 9.08. The van der Waals surface area contributed by atoms with Crippen molar-refractivity contribution in [2.75, 3.05) is 13.1 Å². The maximum Gasteiger partial charge on any atom is 0.107 e. The fourth-order valence-electron chi connectivity index (χ4n) is 2.18. The molecular weight excluding hydrogens is 174 g/mol. The smallest absolute Gasteiger partial charge is 0.107 e. The summed E-state index contributed by atoms with van der Waals surface area (Å²) in [5, 5.41) is 12.5. The van der Waals surface area contributed by atoms with Crippen molar-refractivity contribution in [3.63, 3.8) is 0 Å². The quantitative estimate of drug-likeness (QED) is 0.730. The van der Waals surface area contributed by atoms with Crippen LogP contribution < -0.4 is 5.32 Å². The number of nitriles is 1. The molecule has 2 rings (SSSR count). The van der Waals surface area contributed by atoms with Crippen molar-refractivity contribution in [3.8, 4) is 6.07 Å². The average Bonchev–Trinajstić information content (AvgIpc) is 2.75. The minimum atomic E-state index is -0.141. The van der Waals surface area contributed by atoms with Crippen LogP contribution in [-0.4, -0.2) is 35.6 Å². The van der Waals surface area contributed by atoms with Gasteiger partial charge in [0.05, 0.1) is 6.07 Å².